The van der Waals surface area contributed by atoms with Gasteiger partial charge in [-0.15, -0.1) is 0 Å². The third-order valence-electron chi connectivity index (χ3n) is 0.976. The molecule has 0 spiro atoms. The monoisotopic (exact) mass is 161 g/mol. The standard InChI is InChI=1S/C6H11NO2S/c1-3-4-6(5-7)10(2,8)9/h4-5,7H,3H2,1-2H3/b6-4+,7-5?. The molecule has 0 saturated carbocycles. The molecule has 0 atom stereocenters. The highest BCUT2D eigenvalue weighted by Gasteiger charge is 2.05. The Morgan fingerprint density at radius 2 is 2.10 bits per heavy atom. The first-order valence-corrected chi connectivity index (χ1v) is 4.82. The first-order valence-electron chi connectivity index (χ1n) is 2.93. The molecule has 0 aromatic heterocycles. The molecule has 0 unspecified atom stereocenters. The van der Waals surface area contributed by atoms with Crippen LogP contribution in [0.4, 0.5) is 0 Å². The Hall–Kier alpha value is -0.640. The molecule has 0 saturated heterocycles. The summed E-state index contributed by atoms with van der Waals surface area (Å²) in [7, 11) is -3.16. The van der Waals surface area contributed by atoms with E-state index in [4.69, 9.17) is 5.41 Å². The maximum Gasteiger partial charge on any atom is 0.176 e. The van der Waals surface area contributed by atoms with E-state index < -0.39 is 9.84 Å². The van der Waals surface area contributed by atoms with E-state index in [-0.39, 0.29) is 4.91 Å². The Kier molecular flexibility index (Phi) is 3.28. The molecule has 0 aliphatic rings. The molecular formula is C6H11NO2S. The zero-order valence-electron chi connectivity index (χ0n) is 6.09. The van der Waals surface area contributed by atoms with Gasteiger partial charge in [0.2, 0.25) is 0 Å². The summed E-state index contributed by atoms with van der Waals surface area (Å²) >= 11 is 0. The van der Waals surface area contributed by atoms with E-state index in [0.29, 0.717) is 6.42 Å². The minimum atomic E-state index is -3.16. The molecule has 58 valence electrons. The van der Waals surface area contributed by atoms with Crippen molar-refractivity contribution >= 4 is 16.1 Å². The fourth-order valence-electron chi connectivity index (χ4n) is 0.519. The summed E-state index contributed by atoms with van der Waals surface area (Å²) in [4.78, 5) is 0.0926. The first kappa shape index (κ1) is 9.36. The SMILES string of the molecule is CC/C=C(\C=N)S(C)(=O)=O. The molecule has 0 amide bonds. The van der Waals surface area contributed by atoms with Crippen molar-refractivity contribution in [1.82, 2.24) is 0 Å². The Balaban J connectivity index is 4.71. The van der Waals surface area contributed by atoms with E-state index >= 15 is 0 Å². The van der Waals surface area contributed by atoms with Crippen LogP contribution in [0.5, 0.6) is 0 Å². The quantitative estimate of drug-likeness (QED) is 0.627. The maximum atomic E-state index is 10.7. The van der Waals surface area contributed by atoms with Gasteiger partial charge in [0.15, 0.2) is 9.84 Å². The summed E-state index contributed by atoms with van der Waals surface area (Å²) in [5, 5.41) is 6.75. The minimum absolute atomic E-state index is 0.0926. The fourth-order valence-corrected chi connectivity index (χ4v) is 1.20. The second-order valence-electron chi connectivity index (χ2n) is 1.93. The minimum Gasteiger partial charge on any atom is -0.307 e. The number of sulfone groups is 1. The largest absolute Gasteiger partial charge is 0.307 e. The van der Waals surface area contributed by atoms with Crippen molar-refractivity contribution in [3.63, 3.8) is 0 Å². The summed E-state index contributed by atoms with van der Waals surface area (Å²) < 4.78 is 21.5. The van der Waals surface area contributed by atoms with E-state index in [0.717, 1.165) is 12.5 Å². The third kappa shape index (κ3) is 2.77. The van der Waals surface area contributed by atoms with Gasteiger partial charge in [-0.1, -0.05) is 13.0 Å². The average molecular weight is 161 g/mol. The number of rotatable bonds is 3. The highest BCUT2D eigenvalue weighted by molar-refractivity contribution is 7.95. The molecule has 0 bridgehead atoms. The van der Waals surface area contributed by atoms with Gasteiger partial charge in [-0.25, -0.2) is 8.42 Å². The Morgan fingerprint density at radius 3 is 2.20 bits per heavy atom. The predicted molar refractivity (Wildman–Crippen MR) is 42.0 cm³/mol. The van der Waals surface area contributed by atoms with Gasteiger partial charge in [0.25, 0.3) is 0 Å². The van der Waals surface area contributed by atoms with Crippen molar-refractivity contribution in [2.75, 3.05) is 6.26 Å². The van der Waals surface area contributed by atoms with Crippen LogP contribution in [-0.4, -0.2) is 20.9 Å². The zero-order valence-corrected chi connectivity index (χ0v) is 6.90. The lowest BCUT2D eigenvalue weighted by atomic mass is 10.4. The number of allylic oxidation sites excluding steroid dienone is 2. The van der Waals surface area contributed by atoms with Gasteiger partial charge in [-0.05, 0) is 6.42 Å². The predicted octanol–water partition coefficient (Wildman–Crippen LogP) is 0.974. The van der Waals surface area contributed by atoms with Crippen LogP contribution in [-0.2, 0) is 9.84 Å². The molecule has 4 heteroatoms. The fraction of sp³-hybridized carbons (Fsp3) is 0.500. The molecule has 0 radical (unpaired) electrons. The molecule has 0 aromatic rings. The highest BCUT2D eigenvalue weighted by Crippen LogP contribution is 2.01. The molecular weight excluding hydrogens is 150 g/mol. The normalized spacial score (nSPS) is 13.2. The number of hydrogen-bond donors (Lipinski definition) is 1. The second-order valence-corrected chi connectivity index (χ2v) is 3.95. The molecule has 0 rings (SSSR count). The molecule has 1 N–H and O–H groups in total. The van der Waals surface area contributed by atoms with Gasteiger partial charge in [0.1, 0.15) is 0 Å². The lowest BCUT2D eigenvalue weighted by molar-refractivity contribution is 0.609. The van der Waals surface area contributed by atoms with E-state index in [9.17, 15) is 8.42 Å². The van der Waals surface area contributed by atoms with Gasteiger partial charge in [0.05, 0.1) is 4.91 Å². The van der Waals surface area contributed by atoms with Crippen molar-refractivity contribution in [2.24, 2.45) is 0 Å². The summed E-state index contributed by atoms with van der Waals surface area (Å²) in [6.07, 6.45) is 4.11. The first-order chi connectivity index (χ1) is 4.52. The van der Waals surface area contributed by atoms with Crippen LogP contribution in [0.15, 0.2) is 11.0 Å². The van der Waals surface area contributed by atoms with Crippen LogP contribution >= 0.6 is 0 Å². The third-order valence-corrected chi connectivity index (χ3v) is 2.12. The van der Waals surface area contributed by atoms with Crippen molar-refractivity contribution in [3.05, 3.63) is 11.0 Å². The summed E-state index contributed by atoms with van der Waals surface area (Å²) in [6.45, 7) is 1.83. The summed E-state index contributed by atoms with van der Waals surface area (Å²) in [5.41, 5.74) is 0. The van der Waals surface area contributed by atoms with Gasteiger partial charge in [0, 0.05) is 12.5 Å². The lowest BCUT2D eigenvalue weighted by Gasteiger charge is -1.93. The second kappa shape index (κ2) is 3.51. The van der Waals surface area contributed by atoms with Gasteiger partial charge in [-0.3, -0.25) is 0 Å². The molecule has 0 aliphatic carbocycles. The number of hydrogen-bond acceptors (Lipinski definition) is 3. The molecule has 10 heavy (non-hydrogen) atoms. The Labute approximate surface area is 61.2 Å². The molecule has 3 nitrogen and oxygen atoms in total. The van der Waals surface area contributed by atoms with Gasteiger partial charge in [-0.2, -0.15) is 0 Å². The topological polar surface area (TPSA) is 58.0 Å². The van der Waals surface area contributed by atoms with E-state index in [2.05, 4.69) is 0 Å². The lowest BCUT2D eigenvalue weighted by Crippen LogP contribution is -2.01. The van der Waals surface area contributed by atoms with E-state index in [1.54, 1.807) is 0 Å². The van der Waals surface area contributed by atoms with Gasteiger partial charge >= 0.3 is 0 Å². The van der Waals surface area contributed by atoms with Crippen LogP contribution in [0.25, 0.3) is 0 Å². The van der Waals surface area contributed by atoms with Crippen LogP contribution in [0.1, 0.15) is 13.3 Å². The van der Waals surface area contributed by atoms with Crippen molar-refractivity contribution < 1.29 is 8.42 Å². The van der Waals surface area contributed by atoms with Crippen molar-refractivity contribution in [1.29, 1.82) is 5.41 Å². The van der Waals surface area contributed by atoms with Gasteiger partial charge < -0.3 is 5.41 Å². The van der Waals surface area contributed by atoms with Crippen LogP contribution < -0.4 is 0 Å². The Morgan fingerprint density at radius 1 is 1.60 bits per heavy atom. The summed E-state index contributed by atoms with van der Waals surface area (Å²) in [5.74, 6) is 0. The zero-order chi connectivity index (χ0) is 8.20. The molecule has 0 fully saturated rings. The van der Waals surface area contributed by atoms with Crippen molar-refractivity contribution in [2.45, 2.75) is 13.3 Å². The smallest absolute Gasteiger partial charge is 0.176 e. The molecule has 0 aromatic carbocycles. The molecule has 0 aliphatic heterocycles. The number of nitrogens with one attached hydrogen (secondary N) is 1. The Bertz CT molecular complexity index is 238. The van der Waals surface area contributed by atoms with Crippen molar-refractivity contribution in [3.8, 4) is 0 Å². The van der Waals surface area contributed by atoms with Crippen LogP contribution in [0, 0.1) is 5.41 Å². The van der Waals surface area contributed by atoms with E-state index in [1.807, 2.05) is 6.92 Å². The van der Waals surface area contributed by atoms with Crippen LogP contribution in [0.2, 0.25) is 0 Å². The van der Waals surface area contributed by atoms with Crippen LogP contribution in [0.3, 0.4) is 0 Å². The molecule has 0 heterocycles. The van der Waals surface area contributed by atoms with E-state index in [1.165, 1.54) is 6.08 Å². The maximum absolute atomic E-state index is 10.7. The highest BCUT2D eigenvalue weighted by atomic mass is 32.2. The average Bonchev–Trinajstić information content (AvgIpc) is 1.80. The summed E-state index contributed by atoms with van der Waals surface area (Å²) in [6, 6.07) is 0.